The van der Waals surface area contributed by atoms with Crippen LogP contribution in [0.2, 0.25) is 0 Å². The Morgan fingerprint density at radius 1 is 1.23 bits per heavy atom. The van der Waals surface area contributed by atoms with Crippen LogP contribution in [-0.4, -0.2) is 33.7 Å². The highest BCUT2D eigenvalue weighted by Crippen LogP contribution is 2.30. The first-order valence-corrected chi connectivity index (χ1v) is 9.74. The lowest BCUT2D eigenvalue weighted by molar-refractivity contribution is -0.123. The number of fused-ring (bicyclic) bond motifs is 1. The topological polar surface area (TPSA) is 107 Å². The third-order valence-corrected chi connectivity index (χ3v) is 5.46. The average molecular weight is 374 g/mol. The van der Waals surface area contributed by atoms with Gasteiger partial charge in [0, 0.05) is 6.04 Å². The number of nitrogens with zero attached hydrogens (tertiary/aromatic N) is 2. The van der Waals surface area contributed by atoms with Gasteiger partial charge in [0.05, 0.1) is 23.2 Å². The van der Waals surface area contributed by atoms with Crippen molar-refractivity contribution in [2.75, 3.05) is 12.3 Å². The number of hydrogen-bond acceptors (Lipinski definition) is 5. The summed E-state index contributed by atoms with van der Waals surface area (Å²) in [6.45, 7) is -0.194. The smallest absolute Gasteiger partial charge is 0.262 e. The molecule has 0 saturated heterocycles. The van der Waals surface area contributed by atoms with Crippen LogP contribution in [-0.2, 0) is 9.59 Å². The van der Waals surface area contributed by atoms with Gasteiger partial charge in [0.2, 0.25) is 11.8 Å². The highest BCUT2D eigenvalue weighted by atomic mass is 32.2. The van der Waals surface area contributed by atoms with Crippen molar-refractivity contribution in [3.63, 3.8) is 0 Å². The largest absolute Gasteiger partial charge is 0.368 e. The number of carbonyl (C=O) groups is 2. The van der Waals surface area contributed by atoms with E-state index in [-0.39, 0.29) is 29.8 Å². The lowest BCUT2D eigenvalue weighted by Crippen LogP contribution is -2.34. The minimum absolute atomic E-state index is 0.0532. The maximum atomic E-state index is 13.1. The molecule has 3 rings (SSSR count). The summed E-state index contributed by atoms with van der Waals surface area (Å²) in [5.74, 6) is -0.831. The zero-order valence-electron chi connectivity index (χ0n) is 14.4. The Bertz CT molecular complexity index is 874. The lowest BCUT2D eigenvalue weighted by atomic mass is 9.95. The van der Waals surface area contributed by atoms with E-state index in [0.29, 0.717) is 16.1 Å². The van der Waals surface area contributed by atoms with Gasteiger partial charge in [0.25, 0.3) is 5.56 Å². The molecule has 0 radical (unpaired) electrons. The molecular formula is C18H22N4O3S. The molecule has 1 aliphatic carbocycles. The summed E-state index contributed by atoms with van der Waals surface area (Å²) < 4.78 is 1.76. The molecule has 0 spiro atoms. The second kappa shape index (κ2) is 8.35. The predicted octanol–water partition coefficient (Wildman–Crippen LogP) is 1.60. The molecular weight excluding hydrogens is 352 g/mol. The second-order valence-corrected chi connectivity index (χ2v) is 7.35. The van der Waals surface area contributed by atoms with Gasteiger partial charge in [-0.3, -0.25) is 19.0 Å². The zero-order valence-corrected chi connectivity index (χ0v) is 15.3. The maximum absolute atomic E-state index is 13.1. The summed E-state index contributed by atoms with van der Waals surface area (Å²) in [6, 6.07) is 7.38. The number of primary amides is 1. The Balaban J connectivity index is 1.90. The van der Waals surface area contributed by atoms with Crippen molar-refractivity contribution in [3.05, 3.63) is 34.6 Å². The van der Waals surface area contributed by atoms with Crippen LogP contribution in [0.15, 0.2) is 34.2 Å². The molecule has 26 heavy (non-hydrogen) atoms. The molecule has 2 aromatic rings. The van der Waals surface area contributed by atoms with Crippen LogP contribution >= 0.6 is 11.8 Å². The molecule has 0 aliphatic heterocycles. The Morgan fingerprint density at radius 3 is 2.69 bits per heavy atom. The molecule has 1 aromatic carbocycles. The van der Waals surface area contributed by atoms with Gasteiger partial charge in [-0.2, -0.15) is 0 Å². The molecule has 1 aromatic heterocycles. The van der Waals surface area contributed by atoms with Crippen LogP contribution in [0.5, 0.6) is 0 Å². The molecule has 1 aliphatic rings. The second-order valence-electron chi connectivity index (χ2n) is 6.41. The number of hydrogen-bond donors (Lipinski definition) is 2. The Morgan fingerprint density at radius 2 is 1.96 bits per heavy atom. The summed E-state index contributed by atoms with van der Waals surface area (Å²) in [6.07, 6.45) is 5.26. The van der Waals surface area contributed by atoms with Crippen LogP contribution in [0.3, 0.4) is 0 Å². The summed E-state index contributed by atoms with van der Waals surface area (Å²) in [5, 5.41) is 3.60. The van der Waals surface area contributed by atoms with Crippen molar-refractivity contribution in [1.82, 2.24) is 14.9 Å². The van der Waals surface area contributed by atoms with Gasteiger partial charge in [0.15, 0.2) is 5.16 Å². The molecule has 7 nitrogen and oxygen atoms in total. The standard InChI is InChI=1S/C18H22N4O3S/c19-15(23)10-20-16(24)11-26-18-21-14-9-5-4-8-13(14)17(25)22(18)12-6-2-1-3-7-12/h4-5,8-9,12H,1-3,6-7,10-11H2,(H2,19,23)(H,20,24). The molecule has 0 atom stereocenters. The van der Waals surface area contributed by atoms with E-state index in [1.807, 2.05) is 12.1 Å². The minimum atomic E-state index is -0.591. The Labute approximate surface area is 155 Å². The summed E-state index contributed by atoms with van der Waals surface area (Å²) in [7, 11) is 0. The third kappa shape index (κ3) is 4.24. The van der Waals surface area contributed by atoms with Gasteiger partial charge in [0.1, 0.15) is 0 Å². The molecule has 138 valence electrons. The first-order chi connectivity index (χ1) is 12.6. The molecule has 0 bridgehead atoms. The highest BCUT2D eigenvalue weighted by molar-refractivity contribution is 7.99. The third-order valence-electron chi connectivity index (χ3n) is 4.51. The first kappa shape index (κ1) is 18.4. The number of nitrogens with one attached hydrogen (secondary N) is 1. The number of carbonyl (C=O) groups excluding carboxylic acids is 2. The van der Waals surface area contributed by atoms with Gasteiger partial charge in [-0.1, -0.05) is 43.2 Å². The summed E-state index contributed by atoms with van der Waals surface area (Å²) >= 11 is 1.22. The van der Waals surface area contributed by atoms with E-state index < -0.39 is 5.91 Å². The molecule has 1 saturated carbocycles. The number of para-hydroxylation sites is 1. The van der Waals surface area contributed by atoms with E-state index in [1.54, 1.807) is 16.7 Å². The van der Waals surface area contributed by atoms with Gasteiger partial charge in [-0.15, -0.1) is 0 Å². The van der Waals surface area contributed by atoms with E-state index in [2.05, 4.69) is 10.3 Å². The van der Waals surface area contributed by atoms with E-state index >= 15 is 0 Å². The van der Waals surface area contributed by atoms with Crippen LogP contribution in [0.4, 0.5) is 0 Å². The summed E-state index contributed by atoms with van der Waals surface area (Å²) in [5.41, 5.74) is 5.61. The minimum Gasteiger partial charge on any atom is -0.368 e. The number of amides is 2. The number of aromatic nitrogens is 2. The molecule has 0 unspecified atom stereocenters. The number of rotatable bonds is 6. The zero-order chi connectivity index (χ0) is 18.5. The van der Waals surface area contributed by atoms with Crippen molar-refractivity contribution >= 4 is 34.5 Å². The van der Waals surface area contributed by atoms with Crippen molar-refractivity contribution in [3.8, 4) is 0 Å². The molecule has 2 amide bonds. The molecule has 1 fully saturated rings. The van der Waals surface area contributed by atoms with Crippen molar-refractivity contribution in [2.24, 2.45) is 5.73 Å². The molecule has 8 heteroatoms. The SMILES string of the molecule is NC(=O)CNC(=O)CSc1nc2ccccc2c(=O)n1C1CCCCC1. The molecule has 1 heterocycles. The van der Waals surface area contributed by atoms with Gasteiger partial charge in [-0.05, 0) is 25.0 Å². The van der Waals surface area contributed by atoms with Crippen LogP contribution in [0.1, 0.15) is 38.1 Å². The van der Waals surface area contributed by atoms with E-state index in [0.717, 1.165) is 25.7 Å². The van der Waals surface area contributed by atoms with Crippen molar-refractivity contribution in [1.29, 1.82) is 0 Å². The normalized spacial score (nSPS) is 15.1. The Kier molecular flexibility index (Phi) is 5.92. The monoisotopic (exact) mass is 374 g/mol. The quantitative estimate of drug-likeness (QED) is 0.590. The average Bonchev–Trinajstić information content (AvgIpc) is 2.65. The fourth-order valence-electron chi connectivity index (χ4n) is 3.26. The van der Waals surface area contributed by atoms with Crippen LogP contribution < -0.4 is 16.6 Å². The number of benzene rings is 1. The van der Waals surface area contributed by atoms with Gasteiger partial charge in [-0.25, -0.2) is 4.98 Å². The Hall–Kier alpha value is -2.35. The fourth-order valence-corrected chi connectivity index (χ4v) is 4.15. The number of nitrogens with two attached hydrogens (primary N) is 1. The van der Waals surface area contributed by atoms with E-state index in [9.17, 15) is 14.4 Å². The number of thioether (sulfide) groups is 1. The van der Waals surface area contributed by atoms with Crippen LogP contribution in [0, 0.1) is 0 Å². The van der Waals surface area contributed by atoms with Gasteiger partial charge >= 0.3 is 0 Å². The van der Waals surface area contributed by atoms with E-state index in [4.69, 9.17) is 5.73 Å². The predicted molar refractivity (Wildman–Crippen MR) is 101 cm³/mol. The fraction of sp³-hybridized carbons (Fsp3) is 0.444. The van der Waals surface area contributed by atoms with E-state index in [1.165, 1.54) is 18.2 Å². The molecule has 3 N–H and O–H groups in total. The lowest BCUT2D eigenvalue weighted by Gasteiger charge is -2.26. The van der Waals surface area contributed by atoms with Gasteiger partial charge < -0.3 is 11.1 Å². The summed E-state index contributed by atoms with van der Waals surface area (Å²) in [4.78, 5) is 40.4. The first-order valence-electron chi connectivity index (χ1n) is 8.75. The van der Waals surface area contributed by atoms with Crippen molar-refractivity contribution in [2.45, 2.75) is 43.3 Å². The van der Waals surface area contributed by atoms with Crippen molar-refractivity contribution < 1.29 is 9.59 Å². The highest BCUT2D eigenvalue weighted by Gasteiger charge is 2.22. The van der Waals surface area contributed by atoms with Crippen LogP contribution in [0.25, 0.3) is 10.9 Å². The maximum Gasteiger partial charge on any atom is 0.262 e.